The maximum atomic E-state index is 13.7. The van der Waals surface area contributed by atoms with E-state index >= 15 is 0 Å². The van der Waals surface area contributed by atoms with Crippen LogP contribution in [0.5, 0.6) is 5.75 Å². The number of rotatable bonds is 16. The molecule has 50 heavy (non-hydrogen) atoms. The lowest BCUT2D eigenvalue weighted by Gasteiger charge is -2.24. The third-order valence-electron chi connectivity index (χ3n) is 9.30. The molecule has 1 fully saturated rings. The van der Waals surface area contributed by atoms with Gasteiger partial charge in [0.25, 0.3) is 5.91 Å². The number of likely N-dealkylation sites (tertiary alicyclic amines) is 1. The Morgan fingerprint density at radius 3 is 2.14 bits per heavy atom. The summed E-state index contributed by atoms with van der Waals surface area (Å²) in [6.07, 6.45) is 10.3. The molecule has 0 aliphatic carbocycles. The van der Waals surface area contributed by atoms with Crippen LogP contribution in [0, 0.1) is 5.92 Å². The zero-order chi connectivity index (χ0) is 35.5. The minimum atomic E-state index is -0.914. The van der Waals surface area contributed by atoms with Crippen molar-refractivity contribution < 1.29 is 24.2 Å². The highest BCUT2D eigenvalue weighted by molar-refractivity contribution is 5.97. The second-order valence-electron chi connectivity index (χ2n) is 13.4. The van der Waals surface area contributed by atoms with Crippen molar-refractivity contribution in [3.63, 3.8) is 0 Å². The molecule has 4 aromatic rings. The van der Waals surface area contributed by atoms with Crippen LogP contribution in [0.15, 0.2) is 85.2 Å². The van der Waals surface area contributed by atoms with Crippen LogP contribution in [-0.4, -0.2) is 63.5 Å². The van der Waals surface area contributed by atoms with Gasteiger partial charge in [0, 0.05) is 48.6 Å². The number of carboxylic acids is 1. The minimum Gasteiger partial charge on any atom is -0.494 e. The zero-order valence-electron chi connectivity index (χ0n) is 29.3. The first-order valence-corrected chi connectivity index (χ1v) is 17.8. The van der Waals surface area contributed by atoms with Gasteiger partial charge in [-0.1, -0.05) is 95.0 Å². The molecule has 0 saturated carbocycles. The highest BCUT2D eigenvalue weighted by Gasteiger charge is 2.35. The van der Waals surface area contributed by atoms with E-state index in [-0.39, 0.29) is 24.8 Å². The van der Waals surface area contributed by atoms with Crippen molar-refractivity contribution in [1.82, 2.24) is 20.2 Å². The molecule has 1 aliphatic heterocycles. The molecule has 0 bridgehead atoms. The molecule has 262 valence electrons. The molecule has 1 aliphatic rings. The zero-order valence-corrected chi connectivity index (χ0v) is 29.3. The average Bonchev–Trinajstić information content (AvgIpc) is 3.64. The van der Waals surface area contributed by atoms with E-state index in [1.807, 2.05) is 60.7 Å². The van der Waals surface area contributed by atoms with Gasteiger partial charge in [0.2, 0.25) is 5.91 Å². The molecule has 3 aromatic carbocycles. The summed E-state index contributed by atoms with van der Waals surface area (Å²) in [4.78, 5) is 49.3. The summed E-state index contributed by atoms with van der Waals surface area (Å²) in [7, 11) is 0. The van der Waals surface area contributed by atoms with Crippen molar-refractivity contribution in [2.75, 3.05) is 19.7 Å². The number of aliphatic carboxylic acids is 1. The Labute approximate surface area is 295 Å². The SMILES string of the molecule is CCCCCCCOc1ccc(-c2cnc(-c3ccc(C[C@H](NC(=O)c4ccc(C(C)C)cc4)C(=O)N4CCC(C(=O)O)C4)cc3)nc2)cc1. The van der Waals surface area contributed by atoms with Crippen molar-refractivity contribution in [2.24, 2.45) is 5.92 Å². The summed E-state index contributed by atoms with van der Waals surface area (Å²) < 4.78 is 5.89. The summed E-state index contributed by atoms with van der Waals surface area (Å²) in [5.74, 6) is -0.390. The molecule has 2 N–H and O–H groups in total. The highest BCUT2D eigenvalue weighted by atomic mass is 16.5. The van der Waals surface area contributed by atoms with Crippen molar-refractivity contribution >= 4 is 17.8 Å². The molecule has 0 radical (unpaired) electrons. The number of nitrogens with one attached hydrogen (secondary N) is 1. The van der Waals surface area contributed by atoms with Gasteiger partial charge in [-0.3, -0.25) is 14.4 Å². The molecule has 1 aromatic heterocycles. The Balaban J connectivity index is 1.23. The number of carbonyl (C=O) groups is 3. The van der Waals surface area contributed by atoms with E-state index in [0.29, 0.717) is 30.3 Å². The lowest BCUT2D eigenvalue weighted by Crippen LogP contribution is -2.49. The van der Waals surface area contributed by atoms with E-state index in [0.717, 1.165) is 46.6 Å². The molecule has 1 saturated heterocycles. The smallest absolute Gasteiger partial charge is 0.308 e. The maximum absolute atomic E-state index is 13.7. The molecule has 9 nitrogen and oxygen atoms in total. The quantitative estimate of drug-likeness (QED) is 0.118. The first kappa shape index (κ1) is 36.2. The number of ether oxygens (including phenoxy) is 1. The third-order valence-corrected chi connectivity index (χ3v) is 9.30. The predicted molar refractivity (Wildman–Crippen MR) is 195 cm³/mol. The van der Waals surface area contributed by atoms with Gasteiger partial charge in [0.1, 0.15) is 11.8 Å². The van der Waals surface area contributed by atoms with Crippen LogP contribution in [-0.2, 0) is 16.0 Å². The molecular formula is C41H48N4O5. The van der Waals surface area contributed by atoms with Crippen molar-refractivity contribution in [1.29, 1.82) is 0 Å². The van der Waals surface area contributed by atoms with Crippen LogP contribution in [0.25, 0.3) is 22.5 Å². The first-order chi connectivity index (χ1) is 24.2. The molecule has 2 amide bonds. The van der Waals surface area contributed by atoms with Gasteiger partial charge in [-0.15, -0.1) is 0 Å². The van der Waals surface area contributed by atoms with Crippen LogP contribution in [0.1, 0.15) is 86.7 Å². The summed E-state index contributed by atoms with van der Waals surface area (Å²) in [5, 5.41) is 12.4. The standard InChI is InChI=1S/C41H48N4O5/c1-4-5-6-7-8-23-50-36-19-17-31(18-20-36)35-25-42-38(43-26-35)32-11-9-29(10-12-32)24-37(40(47)45-22-21-34(27-45)41(48)49)44-39(46)33-15-13-30(14-16-33)28(2)3/h9-20,25-26,28,34,37H,4-8,21-24,27H2,1-3H3,(H,44,46)(H,48,49)/t34?,37-/m0/s1. The van der Waals surface area contributed by atoms with E-state index in [1.54, 1.807) is 29.4 Å². The first-order valence-electron chi connectivity index (χ1n) is 17.8. The van der Waals surface area contributed by atoms with Crippen LogP contribution in [0.3, 0.4) is 0 Å². The monoisotopic (exact) mass is 676 g/mol. The van der Waals surface area contributed by atoms with Crippen LogP contribution >= 0.6 is 0 Å². The number of carboxylic acid groups (broad SMARTS) is 1. The van der Waals surface area contributed by atoms with E-state index in [4.69, 9.17) is 4.74 Å². The number of amides is 2. The Morgan fingerprint density at radius 2 is 1.52 bits per heavy atom. The number of nitrogens with zero attached hydrogens (tertiary/aromatic N) is 3. The molecule has 2 atom stereocenters. The van der Waals surface area contributed by atoms with E-state index in [2.05, 4.69) is 36.1 Å². The van der Waals surface area contributed by atoms with Crippen LogP contribution < -0.4 is 10.1 Å². The molecule has 2 heterocycles. The average molecular weight is 677 g/mol. The van der Waals surface area contributed by atoms with Crippen LogP contribution in [0.4, 0.5) is 0 Å². The summed E-state index contributed by atoms with van der Waals surface area (Å²) in [6, 6.07) is 22.1. The molecule has 9 heteroatoms. The second-order valence-corrected chi connectivity index (χ2v) is 13.4. The van der Waals surface area contributed by atoms with E-state index in [9.17, 15) is 19.5 Å². The third kappa shape index (κ3) is 9.77. The Kier molecular flexibility index (Phi) is 12.7. The number of aromatic nitrogens is 2. The van der Waals surface area contributed by atoms with Gasteiger partial charge in [-0.25, -0.2) is 9.97 Å². The molecular weight excluding hydrogens is 628 g/mol. The fourth-order valence-corrected chi connectivity index (χ4v) is 6.13. The summed E-state index contributed by atoms with van der Waals surface area (Å²) in [6.45, 7) is 7.59. The van der Waals surface area contributed by atoms with Crippen molar-refractivity contribution in [3.8, 4) is 28.3 Å². The molecule has 0 spiro atoms. The second kappa shape index (κ2) is 17.6. The number of carbonyl (C=O) groups excluding carboxylic acids is 2. The normalized spacial score (nSPS) is 14.8. The highest BCUT2D eigenvalue weighted by Crippen LogP contribution is 2.25. The summed E-state index contributed by atoms with van der Waals surface area (Å²) in [5.41, 5.74) is 5.15. The van der Waals surface area contributed by atoms with Gasteiger partial charge in [0.15, 0.2) is 5.82 Å². The maximum Gasteiger partial charge on any atom is 0.308 e. The van der Waals surface area contributed by atoms with Crippen molar-refractivity contribution in [2.45, 2.75) is 77.7 Å². The summed E-state index contributed by atoms with van der Waals surface area (Å²) >= 11 is 0. The van der Waals surface area contributed by atoms with Gasteiger partial charge in [-0.2, -0.15) is 0 Å². The number of unbranched alkanes of at least 4 members (excludes halogenated alkanes) is 4. The predicted octanol–water partition coefficient (Wildman–Crippen LogP) is 7.56. The minimum absolute atomic E-state index is 0.132. The van der Waals surface area contributed by atoms with Gasteiger partial charge >= 0.3 is 5.97 Å². The lowest BCUT2D eigenvalue weighted by molar-refractivity contribution is -0.141. The van der Waals surface area contributed by atoms with Gasteiger partial charge in [0.05, 0.1) is 12.5 Å². The topological polar surface area (TPSA) is 122 Å². The Bertz CT molecular complexity index is 1700. The fraction of sp³-hybridized carbons (Fsp3) is 0.390. The number of hydrogen-bond donors (Lipinski definition) is 2. The van der Waals surface area contributed by atoms with Crippen molar-refractivity contribution in [3.05, 3.63) is 102 Å². The van der Waals surface area contributed by atoms with Gasteiger partial charge in [-0.05, 0) is 59.7 Å². The largest absolute Gasteiger partial charge is 0.494 e. The Hall–Kier alpha value is -5.05. The number of hydrogen-bond acceptors (Lipinski definition) is 6. The number of benzene rings is 3. The molecule has 5 rings (SSSR count). The fourth-order valence-electron chi connectivity index (χ4n) is 6.13. The Morgan fingerprint density at radius 1 is 0.860 bits per heavy atom. The van der Waals surface area contributed by atoms with Gasteiger partial charge < -0.3 is 20.1 Å². The lowest BCUT2D eigenvalue weighted by atomic mass is 10.0. The molecule has 1 unspecified atom stereocenters. The van der Waals surface area contributed by atoms with Crippen LogP contribution in [0.2, 0.25) is 0 Å². The van der Waals surface area contributed by atoms with E-state index < -0.39 is 17.9 Å². The van der Waals surface area contributed by atoms with E-state index in [1.165, 1.54) is 25.7 Å².